The molecule has 1 N–H and O–H groups in total. The fourth-order valence-electron chi connectivity index (χ4n) is 2.48. The van der Waals surface area contributed by atoms with Crippen LogP contribution in [0.15, 0.2) is 85.1 Å². The summed E-state index contributed by atoms with van der Waals surface area (Å²) in [5.41, 5.74) is 2.54. The lowest BCUT2D eigenvalue weighted by atomic mass is 10.1. The topological polar surface area (TPSA) is 12.0 Å². The lowest BCUT2D eigenvalue weighted by Gasteiger charge is -2.05. The van der Waals surface area contributed by atoms with Crippen LogP contribution in [-0.2, 0) is 6.42 Å². The minimum absolute atomic E-state index is 1.04. The van der Waals surface area contributed by atoms with Crippen molar-refractivity contribution in [3.05, 3.63) is 90.6 Å². The van der Waals surface area contributed by atoms with Crippen LogP contribution in [0.4, 0.5) is 5.69 Å². The minimum atomic E-state index is 1.04. The SMILES string of the molecule is C(=C\Nc1cccc2ccccc12)/CCc1ccccc1. The van der Waals surface area contributed by atoms with E-state index in [-0.39, 0.29) is 0 Å². The second-order valence-corrected chi connectivity index (χ2v) is 5.10. The van der Waals surface area contributed by atoms with Gasteiger partial charge in [-0.2, -0.15) is 0 Å². The number of aryl methyl sites for hydroxylation is 1. The highest BCUT2D eigenvalue weighted by Crippen LogP contribution is 2.22. The van der Waals surface area contributed by atoms with Crippen molar-refractivity contribution >= 4 is 16.5 Å². The second-order valence-electron chi connectivity index (χ2n) is 5.10. The number of hydrogen-bond acceptors (Lipinski definition) is 1. The molecule has 3 aromatic carbocycles. The number of benzene rings is 3. The number of hydrogen-bond donors (Lipinski definition) is 1. The summed E-state index contributed by atoms with van der Waals surface area (Å²) in [7, 11) is 0. The van der Waals surface area contributed by atoms with E-state index in [2.05, 4.69) is 84.2 Å². The van der Waals surface area contributed by atoms with Gasteiger partial charge in [-0.25, -0.2) is 0 Å². The van der Waals surface area contributed by atoms with E-state index in [4.69, 9.17) is 0 Å². The van der Waals surface area contributed by atoms with E-state index in [0.29, 0.717) is 0 Å². The van der Waals surface area contributed by atoms with Crippen LogP contribution in [0, 0.1) is 0 Å². The van der Waals surface area contributed by atoms with Crippen molar-refractivity contribution in [2.75, 3.05) is 5.32 Å². The van der Waals surface area contributed by atoms with E-state index in [1.54, 1.807) is 0 Å². The summed E-state index contributed by atoms with van der Waals surface area (Å²) in [6.07, 6.45) is 6.36. The predicted molar refractivity (Wildman–Crippen MR) is 91.5 cm³/mol. The fraction of sp³-hybridized carbons (Fsp3) is 0.100. The minimum Gasteiger partial charge on any atom is -0.362 e. The Morgan fingerprint density at radius 2 is 1.52 bits per heavy atom. The molecule has 1 nitrogen and oxygen atoms in total. The average molecular weight is 273 g/mol. The third-order valence-electron chi connectivity index (χ3n) is 3.59. The van der Waals surface area contributed by atoms with Gasteiger partial charge < -0.3 is 5.32 Å². The first-order chi connectivity index (χ1) is 10.4. The molecule has 0 heterocycles. The molecule has 0 aromatic heterocycles. The monoisotopic (exact) mass is 273 g/mol. The van der Waals surface area contributed by atoms with Crippen molar-refractivity contribution in [2.24, 2.45) is 0 Å². The fourth-order valence-corrected chi connectivity index (χ4v) is 2.48. The highest BCUT2D eigenvalue weighted by atomic mass is 14.8. The highest BCUT2D eigenvalue weighted by molar-refractivity contribution is 5.94. The van der Waals surface area contributed by atoms with Crippen LogP contribution in [0.25, 0.3) is 10.8 Å². The van der Waals surface area contributed by atoms with Gasteiger partial charge in [-0.3, -0.25) is 0 Å². The van der Waals surface area contributed by atoms with Gasteiger partial charge in [0.1, 0.15) is 0 Å². The van der Waals surface area contributed by atoms with E-state index in [1.807, 2.05) is 6.20 Å². The van der Waals surface area contributed by atoms with Crippen LogP contribution in [0.1, 0.15) is 12.0 Å². The molecule has 0 amide bonds. The largest absolute Gasteiger partial charge is 0.362 e. The number of nitrogens with one attached hydrogen (secondary N) is 1. The number of anilines is 1. The quantitative estimate of drug-likeness (QED) is 0.656. The van der Waals surface area contributed by atoms with E-state index in [0.717, 1.165) is 18.5 Å². The van der Waals surface area contributed by atoms with Crippen LogP contribution in [0.3, 0.4) is 0 Å². The number of fused-ring (bicyclic) bond motifs is 1. The van der Waals surface area contributed by atoms with Crippen LogP contribution in [0.2, 0.25) is 0 Å². The maximum absolute atomic E-state index is 3.39. The van der Waals surface area contributed by atoms with Crippen molar-refractivity contribution < 1.29 is 0 Å². The van der Waals surface area contributed by atoms with Gasteiger partial charge in [-0.15, -0.1) is 0 Å². The zero-order valence-electron chi connectivity index (χ0n) is 12.0. The molecule has 0 unspecified atom stereocenters. The van der Waals surface area contributed by atoms with Gasteiger partial charge >= 0.3 is 0 Å². The van der Waals surface area contributed by atoms with Crippen LogP contribution in [0.5, 0.6) is 0 Å². The molecule has 0 radical (unpaired) electrons. The zero-order valence-corrected chi connectivity index (χ0v) is 12.0. The summed E-state index contributed by atoms with van der Waals surface area (Å²) in [4.78, 5) is 0. The van der Waals surface area contributed by atoms with Crippen molar-refractivity contribution in [3.63, 3.8) is 0 Å². The molecule has 3 rings (SSSR count). The molecule has 1 heteroatoms. The Labute approximate surface area is 125 Å². The van der Waals surface area contributed by atoms with Gasteiger partial charge in [-0.05, 0) is 36.1 Å². The maximum Gasteiger partial charge on any atom is 0.0459 e. The Balaban J connectivity index is 1.60. The van der Waals surface area contributed by atoms with Crippen LogP contribution in [-0.4, -0.2) is 0 Å². The Morgan fingerprint density at radius 1 is 0.762 bits per heavy atom. The molecule has 0 bridgehead atoms. The van der Waals surface area contributed by atoms with E-state index < -0.39 is 0 Å². The van der Waals surface area contributed by atoms with E-state index in [9.17, 15) is 0 Å². The molecular weight excluding hydrogens is 254 g/mol. The van der Waals surface area contributed by atoms with Gasteiger partial charge in [-0.1, -0.05) is 72.8 Å². The normalized spacial score (nSPS) is 11.0. The van der Waals surface area contributed by atoms with E-state index >= 15 is 0 Å². The number of allylic oxidation sites excluding steroid dienone is 1. The molecule has 0 spiro atoms. The predicted octanol–water partition coefficient (Wildman–Crippen LogP) is 5.40. The van der Waals surface area contributed by atoms with Crippen molar-refractivity contribution in [2.45, 2.75) is 12.8 Å². The molecule has 0 aliphatic heterocycles. The first kappa shape index (κ1) is 13.4. The van der Waals surface area contributed by atoms with Crippen molar-refractivity contribution in [1.29, 1.82) is 0 Å². The Bertz CT molecular complexity index is 724. The smallest absolute Gasteiger partial charge is 0.0459 e. The molecule has 0 saturated heterocycles. The molecule has 0 saturated carbocycles. The first-order valence-corrected chi connectivity index (χ1v) is 7.37. The molecule has 21 heavy (non-hydrogen) atoms. The summed E-state index contributed by atoms with van der Waals surface area (Å²) < 4.78 is 0. The molecule has 0 atom stereocenters. The molecule has 0 aliphatic carbocycles. The van der Waals surface area contributed by atoms with Gasteiger partial charge in [0.25, 0.3) is 0 Å². The lowest BCUT2D eigenvalue weighted by molar-refractivity contribution is 1.000. The van der Waals surface area contributed by atoms with Crippen LogP contribution >= 0.6 is 0 Å². The summed E-state index contributed by atoms with van der Waals surface area (Å²) >= 11 is 0. The zero-order chi connectivity index (χ0) is 14.3. The molecule has 0 aliphatic rings. The summed E-state index contributed by atoms with van der Waals surface area (Å²) in [5.74, 6) is 0. The second kappa shape index (κ2) is 6.76. The molecule has 3 aromatic rings. The highest BCUT2D eigenvalue weighted by Gasteiger charge is 1.96. The Kier molecular flexibility index (Phi) is 4.33. The Hall–Kier alpha value is -2.54. The first-order valence-electron chi connectivity index (χ1n) is 7.37. The van der Waals surface area contributed by atoms with Crippen molar-refractivity contribution in [1.82, 2.24) is 0 Å². The van der Waals surface area contributed by atoms with Gasteiger partial charge in [0.15, 0.2) is 0 Å². The summed E-state index contributed by atoms with van der Waals surface area (Å²) in [5, 5.41) is 5.91. The standard InChI is InChI=1S/C20H19N/c1-2-9-17(10-3-1)11-6-7-16-21-20-15-8-13-18-12-4-5-14-19(18)20/h1-5,7-10,12-16,21H,6,11H2/b16-7+. The number of rotatable bonds is 5. The van der Waals surface area contributed by atoms with Gasteiger partial charge in [0, 0.05) is 11.1 Å². The maximum atomic E-state index is 3.39. The summed E-state index contributed by atoms with van der Waals surface area (Å²) in [6.45, 7) is 0. The summed E-state index contributed by atoms with van der Waals surface area (Å²) in [6, 6.07) is 25.4. The Morgan fingerprint density at radius 3 is 2.43 bits per heavy atom. The van der Waals surface area contributed by atoms with Gasteiger partial charge in [0.2, 0.25) is 0 Å². The van der Waals surface area contributed by atoms with Crippen LogP contribution < -0.4 is 5.32 Å². The molecule has 0 fully saturated rings. The van der Waals surface area contributed by atoms with E-state index in [1.165, 1.54) is 16.3 Å². The third-order valence-corrected chi connectivity index (χ3v) is 3.59. The molecular formula is C20H19N. The van der Waals surface area contributed by atoms with Gasteiger partial charge in [0.05, 0.1) is 0 Å². The average Bonchev–Trinajstić information content (AvgIpc) is 2.56. The third kappa shape index (κ3) is 3.51. The lowest BCUT2D eigenvalue weighted by Crippen LogP contribution is -1.89. The van der Waals surface area contributed by atoms with Crippen molar-refractivity contribution in [3.8, 4) is 0 Å². The molecule has 104 valence electrons.